The van der Waals surface area contributed by atoms with Crippen LogP contribution in [0.15, 0.2) is 12.1 Å². The highest BCUT2D eigenvalue weighted by Crippen LogP contribution is 2.48. The summed E-state index contributed by atoms with van der Waals surface area (Å²) in [5.74, 6) is 1.02. The molecule has 0 bridgehead atoms. The van der Waals surface area contributed by atoms with Crippen LogP contribution in [0, 0.1) is 17.2 Å². The maximum absolute atomic E-state index is 14.4. The second kappa shape index (κ2) is 6.65. The maximum atomic E-state index is 14.4. The number of hydrogen-bond donors (Lipinski definition) is 1. The molecule has 5 heteroatoms. The van der Waals surface area contributed by atoms with E-state index in [1.54, 1.807) is 20.3 Å². The van der Waals surface area contributed by atoms with Gasteiger partial charge < -0.3 is 19.5 Å². The lowest BCUT2D eigenvalue weighted by atomic mass is 9.57. The molecule has 0 spiro atoms. The van der Waals surface area contributed by atoms with E-state index in [1.807, 2.05) is 6.92 Å². The minimum absolute atomic E-state index is 0.00938. The third kappa shape index (κ3) is 3.04. The lowest BCUT2D eigenvalue weighted by Gasteiger charge is -2.57. The minimum atomic E-state index is -0.296. The van der Waals surface area contributed by atoms with Crippen molar-refractivity contribution in [3.05, 3.63) is 23.5 Å². The first kappa shape index (κ1) is 18.0. The number of ether oxygens (including phenoxy) is 3. The number of nitrogens with one attached hydrogen (secondary N) is 1. The molecule has 1 aromatic carbocycles. The first-order chi connectivity index (χ1) is 10.8. The second-order valence-corrected chi connectivity index (χ2v) is 6.93. The van der Waals surface area contributed by atoms with Gasteiger partial charge in [0, 0.05) is 36.2 Å². The third-order valence-electron chi connectivity index (χ3n) is 5.19. The van der Waals surface area contributed by atoms with E-state index >= 15 is 0 Å². The van der Waals surface area contributed by atoms with Gasteiger partial charge in [-0.25, -0.2) is 4.39 Å². The normalized spacial score (nSPS) is 27.2. The van der Waals surface area contributed by atoms with Gasteiger partial charge in [0.25, 0.3) is 0 Å². The Balaban J connectivity index is 2.20. The summed E-state index contributed by atoms with van der Waals surface area (Å²) in [7, 11) is 4.80. The van der Waals surface area contributed by atoms with E-state index < -0.39 is 0 Å². The third-order valence-corrected chi connectivity index (χ3v) is 5.19. The minimum Gasteiger partial charge on any atom is -0.493 e. The van der Waals surface area contributed by atoms with Crippen molar-refractivity contribution < 1.29 is 18.6 Å². The second-order valence-electron chi connectivity index (χ2n) is 6.93. The SMILES string of the molecule is COc1cc(F)c([C@H](C)N[C@@H]2[C@@H](C)[C@@H](OC)C2(C)C)cc1OC. The van der Waals surface area contributed by atoms with E-state index in [0.717, 1.165) is 0 Å². The monoisotopic (exact) mass is 325 g/mol. The molecule has 1 fully saturated rings. The van der Waals surface area contributed by atoms with Crippen molar-refractivity contribution in [1.82, 2.24) is 5.32 Å². The van der Waals surface area contributed by atoms with Crippen LogP contribution in [0.3, 0.4) is 0 Å². The van der Waals surface area contributed by atoms with Gasteiger partial charge in [0.1, 0.15) is 5.82 Å². The lowest BCUT2D eigenvalue weighted by molar-refractivity contribution is -0.147. The zero-order chi connectivity index (χ0) is 17.4. The Kier molecular flexibility index (Phi) is 5.21. The fraction of sp³-hybridized carbons (Fsp3) is 0.667. The number of rotatable bonds is 6. The Morgan fingerprint density at radius 1 is 1.13 bits per heavy atom. The van der Waals surface area contributed by atoms with E-state index in [2.05, 4.69) is 26.1 Å². The standard InChI is InChI=1S/C18H28FNO3/c1-10-16(18(3,4)17(10)23-7)20-11(2)12-8-14(21-5)15(22-6)9-13(12)19/h8-11,16-17,20H,1-7H3/t10-,11+,16-,17-/m1/s1. The van der Waals surface area contributed by atoms with Crippen LogP contribution in [0.4, 0.5) is 4.39 Å². The Hall–Kier alpha value is -1.33. The molecule has 1 aliphatic carbocycles. The van der Waals surface area contributed by atoms with E-state index in [4.69, 9.17) is 14.2 Å². The number of methoxy groups -OCH3 is 3. The van der Waals surface area contributed by atoms with Crippen LogP contribution in [0.25, 0.3) is 0 Å². The Morgan fingerprint density at radius 3 is 2.17 bits per heavy atom. The van der Waals surface area contributed by atoms with Gasteiger partial charge in [-0.05, 0) is 18.9 Å². The average molecular weight is 325 g/mol. The van der Waals surface area contributed by atoms with Gasteiger partial charge in [-0.15, -0.1) is 0 Å². The van der Waals surface area contributed by atoms with Crippen molar-refractivity contribution in [2.45, 2.75) is 45.9 Å². The highest BCUT2D eigenvalue weighted by atomic mass is 19.1. The molecule has 1 aromatic rings. The van der Waals surface area contributed by atoms with E-state index in [0.29, 0.717) is 23.0 Å². The molecule has 1 saturated carbocycles. The van der Waals surface area contributed by atoms with Crippen LogP contribution in [0.5, 0.6) is 11.5 Å². The van der Waals surface area contributed by atoms with Gasteiger partial charge in [-0.3, -0.25) is 0 Å². The van der Waals surface area contributed by atoms with Gasteiger partial charge in [0.2, 0.25) is 0 Å². The van der Waals surface area contributed by atoms with Crippen molar-refractivity contribution in [2.75, 3.05) is 21.3 Å². The molecule has 0 saturated heterocycles. The van der Waals surface area contributed by atoms with Crippen LogP contribution < -0.4 is 14.8 Å². The summed E-state index contributed by atoms with van der Waals surface area (Å²) >= 11 is 0. The molecule has 0 amide bonds. The molecule has 0 heterocycles. The molecule has 0 radical (unpaired) electrons. The highest BCUT2D eigenvalue weighted by Gasteiger charge is 2.54. The van der Waals surface area contributed by atoms with Gasteiger partial charge in [0.15, 0.2) is 11.5 Å². The topological polar surface area (TPSA) is 39.7 Å². The van der Waals surface area contributed by atoms with Crippen LogP contribution >= 0.6 is 0 Å². The van der Waals surface area contributed by atoms with Crippen LogP contribution in [0.1, 0.15) is 39.3 Å². The van der Waals surface area contributed by atoms with Crippen molar-refractivity contribution in [1.29, 1.82) is 0 Å². The summed E-state index contributed by atoms with van der Waals surface area (Å²) in [6.45, 7) is 8.48. The van der Waals surface area contributed by atoms with Crippen LogP contribution in [-0.2, 0) is 4.74 Å². The Labute approximate surface area is 138 Å². The first-order valence-corrected chi connectivity index (χ1v) is 7.98. The Bertz CT molecular complexity index is 561. The lowest BCUT2D eigenvalue weighted by Crippen LogP contribution is -2.67. The summed E-state index contributed by atoms with van der Waals surface area (Å²) in [4.78, 5) is 0. The molecule has 2 rings (SSSR count). The molecule has 0 aliphatic heterocycles. The largest absolute Gasteiger partial charge is 0.493 e. The molecular weight excluding hydrogens is 297 g/mol. The molecule has 4 atom stereocenters. The summed E-state index contributed by atoms with van der Waals surface area (Å²) in [6, 6.07) is 3.20. The number of hydrogen-bond acceptors (Lipinski definition) is 4. The molecular formula is C18H28FNO3. The summed E-state index contributed by atoms with van der Waals surface area (Å²) in [5, 5.41) is 3.55. The van der Waals surface area contributed by atoms with E-state index in [1.165, 1.54) is 13.2 Å². The molecule has 130 valence electrons. The van der Waals surface area contributed by atoms with Crippen molar-refractivity contribution >= 4 is 0 Å². The predicted molar refractivity (Wildman–Crippen MR) is 88.6 cm³/mol. The summed E-state index contributed by atoms with van der Waals surface area (Å²) < 4.78 is 30.4. The molecule has 1 N–H and O–H groups in total. The van der Waals surface area contributed by atoms with Crippen molar-refractivity contribution in [3.8, 4) is 11.5 Å². The molecule has 0 unspecified atom stereocenters. The first-order valence-electron chi connectivity index (χ1n) is 7.98. The molecule has 4 nitrogen and oxygen atoms in total. The van der Waals surface area contributed by atoms with Gasteiger partial charge in [-0.1, -0.05) is 20.8 Å². The van der Waals surface area contributed by atoms with E-state index in [-0.39, 0.29) is 29.4 Å². The van der Waals surface area contributed by atoms with Crippen molar-refractivity contribution in [3.63, 3.8) is 0 Å². The Morgan fingerprint density at radius 2 is 1.70 bits per heavy atom. The highest BCUT2D eigenvalue weighted by molar-refractivity contribution is 5.44. The van der Waals surface area contributed by atoms with Crippen molar-refractivity contribution in [2.24, 2.45) is 11.3 Å². The summed E-state index contributed by atoms with van der Waals surface area (Å²) in [5.41, 5.74) is 0.585. The van der Waals surface area contributed by atoms with Gasteiger partial charge >= 0.3 is 0 Å². The molecule has 23 heavy (non-hydrogen) atoms. The maximum Gasteiger partial charge on any atom is 0.163 e. The van der Waals surface area contributed by atoms with Crippen LogP contribution in [0.2, 0.25) is 0 Å². The fourth-order valence-electron chi connectivity index (χ4n) is 4.03. The average Bonchev–Trinajstić information content (AvgIpc) is 2.52. The number of benzene rings is 1. The smallest absolute Gasteiger partial charge is 0.163 e. The molecule has 0 aromatic heterocycles. The van der Waals surface area contributed by atoms with Crippen LogP contribution in [-0.4, -0.2) is 33.5 Å². The molecule has 1 aliphatic rings. The number of halogens is 1. The van der Waals surface area contributed by atoms with Gasteiger partial charge in [-0.2, -0.15) is 0 Å². The zero-order valence-electron chi connectivity index (χ0n) is 15.1. The van der Waals surface area contributed by atoms with E-state index in [9.17, 15) is 4.39 Å². The summed E-state index contributed by atoms with van der Waals surface area (Å²) in [6.07, 6.45) is 0.211. The fourth-order valence-corrected chi connectivity index (χ4v) is 4.03. The van der Waals surface area contributed by atoms with Gasteiger partial charge in [0.05, 0.1) is 20.3 Å². The quantitative estimate of drug-likeness (QED) is 0.868. The zero-order valence-corrected chi connectivity index (χ0v) is 15.1. The predicted octanol–water partition coefficient (Wildman–Crippen LogP) is 3.55.